The Labute approximate surface area is 94.0 Å². The molecule has 1 aromatic heterocycles. The Bertz CT molecular complexity index is 354. The van der Waals surface area contributed by atoms with E-state index in [4.69, 9.17) is 5.84 Å². The van der Waals surface area contributed by atoms with Crippen molar-refractivity contribution < 1.29 is 4.79 Å². The first-order chi connectivity index (χ1) is 7.63. The monoisotopic (exact) mass is 224 g/mol. The van der Waals surface area contributed by atoms with Crippen molar-refractivity contribution in [1.82, 2.24) is 14.9 Å². The largest absolute Gasteiger partial charge is 0.369 e. The molecule has 0 aromatic carbocycles. The van der Waals surface area contributed by atoms with Crippen molar-refractivity contribution in [1.29, 1.82) is 0 Å². The van der Waals surface area contributed by atoms with E-state index in [1.807, 2.05) is 0 Å². The van der Waals surface area contributed by atoms with Gasteiger partial charge >= 0.3 is 0 Å². The van der Waals surface area contributed by atoms with Gasteiger partial charge in [0, 0.05) is 33.3 Å². The normalized spacial score (nSPS) is 9.69. The quantitative estimate of drug-likeness (QED) is 0.467. The van der Waals surface area contributed by atoms with E-state index in [-0.39, 0.29) is 5.91 Å². The van der Waals surface area contributed by atoms with Gasteiger partial charge in [0.25, 0.3) is 0 Å². The van der Waals surface area contributed by atoms with Gasteiger partial charge in [0.2, 0.25) is 11.9 Å². The first-order valence-electron chi connectivity index (χ1n) is 4.87. The van der Waals surface area contributed by atoms with Crippen molar-refractivity contribution in [2.75, 3.05) is 31.4 Å². The zero-order chi connectivity index (χ0) is 12.0. The van der Waals surface area contributed by atoms with Crippen LogP contribution in [0.15, 0.2) is 12.3 Å². The van der Waals surface area contributed by atoms with Gasteiger partial charge in [-0.25, -0.2) is 10.8 Å². The first-order valence-corrected chi connectivity index (χ1v) is 4.87. The Morgan fingerprint density at radius 2 is 2.31 bits per heavy atom. The third-order valence-corrected chi connectivity index (χ3v) is 1.93. The number of carbonyl (C=O) groups excluding carboxylic acids is 1. The summed E-state index contributed by atoms with van der Waals surface area (Å²) in [6, 6.07) is 1.71. The molecule has 0 fully saturated rings. The van der Waals surface area contributed by atoms with Gasteiger partial charge in [-0.05, 0) is 6.07 Å². The van der Waals surface area contributed by atoms with E-state index in [1.165, 1.54) is 0 Å². The number of hydrazine groups is 1. The maximum absolute atomic E-state index is 11.3. The third-order valence-electron chi connectivity index (χ3n) is 1.93. The van der Waals surface area contributed by atoms with E-state index in [2.05, 4.69) is 20.7 Å². The number of nitrogens with zero attached hydrogens (tertiary/aromatic N) is 3. The topological polar surface area (TPSA) is 96.2 Å². The molecule has 0 saturated carbocycles. The van der Waals surface area contributed by atoms with Gasteiger partial charge in [-0.3, -0.25) is 10.2 Å². The maximum atomic E-state index is 11.3. The van der Waals surface area contributed by atoms with Crippen LogP contribution >= 0.6 is 0 Å². The van der Waals surface area contributed by atoms with Gasteiger partial charge in [-0.1, -0.05) is 0 Å². The summed E-state index contributed by atoms with van der Waals surface area (Å²) in [5, 5.41) is 3.01. The Hall–Kier alpha value is -1.89. The molecule has 7 nitrogen and oxygen atoms in total. The summed E-state index contributed by atoms with van der Waals surface area (Å²) >= 11 is 0. The van der Waals surface area contributed by atoms with Gasteiger partial charge in [0.1, 0.15) is 5.82 Å². The van der Waals surface area contributed by atoms with E-state index in [0.29, 0.717) is 24.7 Å². The Morgan fingerprint density at radius 1 is 1.56 bits per heavy atom. The standard InChI is InChI=1S/C9H16N6O/c1-15(2)8(16)4-6-11-7-3-5-12-9(13-7)14-10/h3,5H,4,6,10H2,1-2H3,(H2,11,12,13,14). The Balaban J connectivity index is 2.40. The van der Waals surface area contributed by atoms with E-state index >= 15 is 0 Å². The molecule has 4 N–H and O–H groups in total. The molecular weight excluding hydrogens is 208 g/mol. The lowest BCUT2D eigenvalue weighted by Crippen LogP contribution is -2.24. The summed E-state index contributed by atoms with van der Waals surface area (Å²) < 4.78 is 0. The molecule has 0 aliphatic carbocycles. The number of nitrogen functional groups attached to an aromatic ring is 1. The molecule has 0 aliphatic heterocycles. The van der Waals surface area contributed by atoms with E-state index in [0.717, 1.165) is 0 Å². The van der Waals surface area contributed by atoms with Crippen LogP contribution in [-0.2, 0) is 4.79 Å². The summed E-state index contributed by atoms with van der Waals surface area (Å²) in [4.78, 5) is 20.7. The van der Waals surface area contributed by atoms with Crippen LogP contribution in [0.4, 0.5) is 11.8 Å². The maximum Gasteiger partial charge on any atom is 0.239 e. The molecule has 1 rings (SSSR count). The second-order valence-electron chi connectivity index (χ2n) is 3.37. The van der Waals surface area contributed by atoms with Gasteiger partial charge in [0.05, 0.1) is 0 Å². The van der Waals surface area contributed by atoms with Gasteiger partial charge in [0.15, 0.2) is 0 Å². The molecule has 0 saturated heterocycles. The molecule has 88 valence electrons. The molecule has 0 bridgehead atoms. The summed E-state index contributed by atoms with van der Waals surface area (Å²) in [6.45, 7) is 0.526. The Morgan fingerprint density at radius 3 is 2.94 bits per heavy atom. The number of carbonyl (C=O) groups is 1. The highest BCUT2D eigenvalue weighted by Crippen LogP contribution is 2.04. The molecule has 1 heterocycles. The predicted molar refractivity (Wildman–Crippen MR) is 61.6 cm³/mol. The smallest absolute Gasteiger partial charge is 0.239 e. The van der Waals surface area contributed by atoms with E-state index in [9.17, 15) is 4.79 Å². The second kappa shape index (κ2) is 5.86. The molecule has 7 heteroatoms. The van der Waals surface area contributed by atoms with E-state index < -0.39 is 0 Å². The zero-order valence-electron chi connectivity index (χ0n) is 9.40. The number of amides is 1. The number of nitrogens with one attached hydrogen (secondary N) is 2. The highest BCUT2D eigenvalue weighted by atomic mass is 16.2. The summed E-state index contributed by atoms with van der Waals surface area (Å²) in [5.74, 6) is 6.21. The highest BCUT2D eigenvalue weighted by molar-refractivity contribution is 5.76. The van der Waals surface area contributed by atoms with Crippen molar-refractivity contribution in [3.8, 4) is 0 Å². The fourth-order valence-electron chi connectivity index (χ4n) is 1.05. The van der Waals surface area contributed by atoms with Crippen molar-refractivity contribution in [2.24, 2.45) is 5.84 Å². The fourth-order valence-corrected chi connectivity index (χ4v) is 1.05. The van der Waals surface area contributed by atoms with Crippen molar-refractivity contribution in [3.63, 3.8) is 0 Å². The number of rotatable bonds is 5. The number of hydrogen-bond acceptors (Lipinski definition) is 6. The highest BCUT2D eigenvalue weighted by Gasteiger charge is 2.03. The van der Waals surface area contributed by atoms with Crippen LogP contribution in [0.3, 0.4) is 0 Å². The molecule has 0 unspecified atom stereocenters. The molecule has 1 amide bonds. The van der Waals surface area contributed by atoms with Crippen LogP contribution in [0.5, 0.6) is 0 Å². The minimum Gasteiger partial charge on any atom is -0.369 e. The lowest BCUT2D eigenvalue weighted by molar-refractivity contribution is -0.128. The molecule has 0 aliphatic rings. The minimum atomic E-state index is 0.0683. The van der Waals surface area contributed by atoms with Crippen molar-refractivity contribution in [3.05, 3.63) is 12.3 Å². The van der Waals surface area contributed by atoms with Crippen LogP contribution in [0.2, 0.25) is 0 Å². The second-order valence-corrected chi connectivity index (χ2v) is 3.37. The van der Waals surface area contributed by atoms with Crippen LogP contribution in [0, 0.1) is 0 Å². The minimum absolute atomic E-state index is 0.0683. The summed E-state index contributed by atoms with van der Waals surface area (Å²) in [7, 11) is 3.45. The molecule has 0 radical (unpaired) electrons. The molecule has 1 aromatic rings. The third kappa shape index (κ3) is 3.70. The summed E-state index contributed by atoms with van der Waals surface area (Å²) in [5.41, 5.74) is 2.35. The fraction of sp³-hybridized carbons (Fsp3) is 0.444. The lowest BCUT2D eigenvalue weighted by Gasteiger charge is -2.10. The average Bonchev–Trinajstić information content (AvgIpc) is 2.29. The number of aromatic nitrogens is 2. The van der Waals surface area contributed by atoms with Crippen LogP contribution in [0.25, 0.3) is 0 Å². The molecule has 0 atom stereocenters. The average molecular weight is 224 g/mol. The Kier molecular flexibility index (Phi) is 4.46. The lowest BCUT2D eigenvalue weighted by atomic mass is 10.4. The van der Waals surface area contributed by atoms with Crippen LogP contribution in [-0.4, -0.2) is 41.4 Å². The first kappa shape index (κ1) is 12.2. The number of anilines is 2. The predicted octanol–water partition coefficient (Wildman–Crippen LogP) is -0.348. The van der Waals surface area contributed by atoms with Crippen LogP contribution < -0.4 is 16.6 Å². The van der Waals surface area contributed by atoms with Gasteiger partial charge in [-0.15, -0.1) is 0 Å². The number of nitrogens with two attached hydrogens (primary N) is 1. The van der Waals surface area contributed by atoms with E-state index in [1.54, 1.807) is 31.3 Å². The number of hydrogen-bond donors (Lipinski definition) is 3. The van der Waals surface area contributed by atoms with Crippen molar-refractivity contribution >= 4 is 17.7 Å². The van der Waals surface area contributed by atoms with Gasteiger partial charge < -0.3 is 10.2 Å². The zero-order valence-corrected chi connectivity index (χ0v) is 9.40. The summed E-state index contributed by atoms with van der Waals surface area (Å²) in [6.07, 6.45) is 2.00. The van der Waals surface area contributed by atoms with Crippen molar-refractivity contribution in [2.45, 2.75) is 6.42 Å². The SMILES string of the molecule is CN(C)C(=O)CCNc1ccnc(NN)n1. The molecule has 16 heavy (non-hydrogen) atoms. The molecule has 0 spiro atoms. The van der Waals surface area contributed by atoms with Gasteiger partial charge in [-0.2, -0.15) is 4.98 Å². The molecular formula is C9H16N6O. The van der Waals surface area contributed by atoms with Crippen LogP contribution in [0.1, 0.15) is 6.42 Å².